The number of nitrogens with zero attached hydrogens (tertiary/aromatic N) is 4. The number of benzene rings is 3. The van der Waals surface area contributed by atoms with Gasteiger partial charge in [0.25, 0.3) is 0 Å². The lowest BCUT2D eigenvalue weighted by atomic mass is 9.93. The summed E-state index contributed by atoms with van der Waals surface area (Å²) in [5, 5.41) is 13.9. The zero-order valence-electron chi connectivity index (χ0n) is 25.6. The van der Waals surface area contributed by atoms with Crippen LogP contribution in [0.3, 0.4) is 0 Å². The summed E-state index contributed by atoms with van der Waals surface area (Å²) in [6, 6.07) is 16.2. The van der Waals surface area contributed by atoms with Gasteiger partial charge in [-0.25, -0.2) is 17.5 Å². The van der Waals surface area contributed by atoms with Crippen LogP contribution < -0.4 is 10.6 Å². The van der Waals surface area contributed by atoms with E-state index in [-0.39, 0.29) is 29.4 Å². The number of amides is 1. The molecule has 0 aliphatic carbocycles. The van der Waals surface area contributed by atoms with Crippen molar-refractivity contribution in [2.24, 2.45) is 5.92 Å². The van der Waals surface area contributed by atoms with Crippen molar-refractivity contribution in [1.82, 2.24) is 29.9 Å². The number of aryl methyl sites for hydroxylation is 2. The second-order valence-corrected chi connectivity index (χ2v) is 13.1. The van der Waals surface area contributed by atoms with Crippen molar-refractivity contribution in [3.05, 3.63) is 94.3 Å². The molecule has 11 heteroatoms. The van der Waals surface area contributed by atoms with Crippen molar-refractivity contribution in [3.8, 4) is 0 Å². The highest BCUT2D eigenvalue weighted by molar-refractivity contribution is 7.89. The van der Waals surface area contributed by atoms with Crippen molar-refractivity contribution in [2.45, 2.75) is 51.6 Å². The Balaban J connectivity index is 1.58. The van der Waals surface area contributed by atoms with E-state index in [2.05, 4.69) is 27.9 Å². The minimum atomic E-state index is -3.75. The number of rotatable bonds is 10. The van der Waals surface area contributed by atoms with Gasteiger partial charge in [-0.3, -0.25) is 4.79 Å². The highest BCUT2D eigenvalue weighted by atomic mass is 32.2. The third-order valence-corrected chi connectivity index (χ3v) is 10.2. The molecule has 3 aromatic carbocycles. The van der Waals surface area contributed by atoms with Crippen LogP contribution in [0.1, 0.15) is 48.1 Å². The predicted octanol–water partition coefficient (Wildman–Crippen LogP) is 4.44. The van der Waals surface area contributed by atoms with E-state index in [0.717, 1.165) is 23.1 Å². The Morgan fingerprint density at radius 1 is 1.11 bits per heavy atom. The molecule has 44 heavy (non-hydrogen) atoms. The Labute approximate surface area is 258 Å². The Bertz CT molecular complexity index is 1820. The van der Waals surface area contributed by atoms with Gasteiger partial charge in [-0.1, -0.05) is 48.9 Å². The zero-order valence-corrected chi connectivity index (χ0v) is 26.4. The molecule has 0 fully saturated rings. The van der Waals surface area contributed by atoms with Gasteiger partial charge in [0.15, 0.2) is 5.82 Å². The number of carbonyl (C=O) groups is 1. The van der Waals surface area contributed by atoms with E-state index < -0.39 is 15.8 Å². The van der Waals surface area contributed by atoms with Crippen LogP contribution in [0.5, 0.6) is 0 Å². The van der Waals surface area contributed by atoms with Crippen molar-refractivity contribution in [2.75, 3.05) is 26.7 Å². The molecule has 9 nitrogen and oxygen atoms in total. The minimum Gasteiger partial charge on any atom is -0.351 e. The molecule has 1 aromatic heterocycles. The summed E-state index contributed by atoms with van der Waals surface area (Å²) in [5.74, 6) is -0.770. The van der Waals surface area contributed by atoms with Crippen LogP contribution in [0, 0.1) is 18.7 Å². The third kappa shape index (κ3) is 6.31. The molecule has 0 saturated carbocycles. The van der Waals surface area contributed by atoms with Crippen LogP contribution >= 0.6 is 0 Å². The monoisotopic (exact) mass is 618 g/mol. The molecule has 0 bridgehead atoms. The van der Waals surface area contributed by atoms with Gasteiger partial charge in [-0.05, 0) is 85.3 Å². The summed E-state index contributed by atoms with van der Waals surface area (Å²) < 4.78 is 47.0. The van der Waals surface area contributed by atoms with Crippen molar-refractivity contribution < 1.29 is 17.6 Å². The molecule has 0 spiro atoms. The first kappa shape index (κ1) is 31.5. The first-order valence-electron chi connectivity index (χ1n) is 15.0. The fourth-order valence-corrected chi connectivity index (χ4v) is 7.43. The Kier molecular flexibility index (Phi) is 9.57. The molecule has 2 heterocycles. The molecule has 1 aliphatic heterocycles. The average molecular weight is 619 g/mol. The number of carbonyl (C=O) groups excluding carboxylic acids is 1. The van der Waals surface area contributed by atoms with Gasteiger partial charge in [-0.2, -0.15) is 4.31 Å². The number of sulfonamides is 1. The van der Waals surface area contributed by atoms with Gasteiger partial charge in [0, 0.05) is 44.4 Å². The number of aromatic nitrogens is 3. The number of likely N-dealkylation sites (N-methyl/N-ethyl adjacent to an activating group) is 1. The van der Waals surface area contributed by atoms with Crippen LogP contribution in [0.25, 0.3) is 16.6 Å². The van der Waals surface area contributed by atoms with Crippen LogP contribution in [0.4, 0.5) is 4.39 Å². The Morgan fingerprint density at radius 3 is 2.66 bits per heavy atom. The lowest BCUT2D eigenvalue weighted by Gasteiger charge is -2.24. The van der Waals surface area contributed by atoms with Crippen molar-refractivity contribution in [1.29, 1.82) is 0 Å². The lowest BCUT2D eigenvalue weighted by molar-refractivity contribution is -0.116. The summed E-state index contributed by atoms with van der Waals surface area (Å²) in [4.78, 5) is 13.4. The van der Waals surface area contributed by atoms with Crippen LogP contribution in [0.2, 0.25) is 0 Å². The topological polar surface area (TPSA) is 109 Å². The third-order valence-electron chi connectivity index (χ3n) is 8.31. The van der Waals surface area contributed by atoms with Crippen LogP contribution in [-0.4, -0.2) is 60.3 Å². The number of halogens is 1. The second kappa shape index (κ2) is 13.4. The molecule has 0 saturated heterocycles. The van der Waals surface area contributed by atoms with E-state index in [1.54, 1.807) is 40.3 Å². The molecule has 232 valence electrons. The largest absolute Gasteiger partial charge is 0.351 e. The van der Waals surface area contributed by atoms with Crippen LogP contribution in [-0.2, 0) is 34.3 Å². The highest BCUT2D eigenvalue weighted by Crippen LogP contribution is 2.33. The van der Waals surface area contributed by atoms with Gasteiger partial charge in [0.05, 0.1) is 10.4 Å². The molecule has 1 amide bonds. The maximum absolute atomic E-state index is 16.0. The average Bonchev–Trinajstić information content (AvgIpc) is 3.40. The minimum absolute atomic E-state index is 0.123. The smallest absolute Gasteiger partial charge is 0.244 e. The zero-order chi connectivity index (χ0) is 31.4. The van der Waals surface area contributed by atoms with Gasteiger partial charge in [0.2, 0.25) is 15.9 Å². The lowest BCUT2D eigenvalue weighted by Crippen LogP contribution is -2.33. The first-order chi connectivity index (χ1) is 21.2. The Morgan fingerprint density at radius 2 is 1.91 bits per heavy atom. The number of fused-ring (bicyclic) bond motifs is 2. The van der Waals surface area contributed by atoms with E-state index in [1.165, 1.54) is 6.08 Å². The van der Waals surface area contributed by atoms with E-state index in [4.69, 9.17) is 0 Å². The molecule has 4 aromatic rings. The SMILES string of the molecule is CC[C@H]1Cc2ccccc2S(=O)(=O)N(Cc2cc(C(=CC(=O)NCCNC)c3ccc4c(nnn4CC)c3F)ccc2C)C1. The van der Waals surface area contributed by atoms with Gasteiger partial charge < -0.3 is 10.6 Å². The van der Waals surface area contributed by atoms with Gasteiger partial charge >= 0.3 is 0 Å². The molecule has 0 unspecified atom stereocenters. The van der Waals surface area contributed by atoms with E-state index in [0.29, 0.717) is 54.1 Å². The normalized spacial score (nSPS) is 16.9. The second-order valence-electron chi connectivity index (χ2n) is 11.2. The standard InChI is InChI=1S/C33H39FN6O3S/c1-5-23-17-25-9-7-8-10-30(25)44(42,43)39(20-23)21-26-18-24(12-11-22(26)3)28(19-31(41)36-16-15-35-4)27-13-14-29-33(32(27)34)37-38-40(29)6-2/h7-14,18-19,23,35H,5-6,15-17,20-21H2,1-4H3,(H,36,41)/t23-/m0/s1. The van der Waals surface area contributed by atoms with E-state index in [9.17, 15) is 13.2 Å². The molecule has 5 rings (SSSR count). The fraction of sp³-hybridized carbons (Fsp3) is 0.364. The summed E-state index contributed by atoms with van der Waals surface area (Å²) in [7, 11) is -1.96. The number of hydrogen-bond donors (Lipinski definition) is 2. The van der Waals surface area contributed by atoms with Gasteiger partial charge in [-0.15, -0.1) is 5.10 Å². The van der Waals surface area contributed by atoms with Gasteiger partial charge in [0.1, 0.15) is 5.52 Å². The van der Waals surface area contributed by atoms with Crippen molar-refractivity contribution in [3.63, 3.8) is 0 Å². The van der Waals surface area contributed by atoms with E-state index in [1.807, 2.05) is 44.2 Å². The molecule has 1 atom stereocenters. The molecule has 2 N–H and O–H groups in total. The molecular weight excluding hydrogens is 579 g/mol. The predicted molar refractivity (Wildman–Crippen MR) is 170 cm³/mol. The summed E-state index contributed by atoms with van der Waals surface area (Å²) in [5.41, 5.74) is 4.37. The quantitative estimate of drug-likeness (QED) is 0.201. The van der Waals surface area contributed by atoms with E-state index >= 15 is 4.39 Å². The van der Waals surface area contributed by atoms with Crippen molar-refractivity contribution >= 4 is 32.5 Å². The first-order valence-corrected chi connectivity index (χ1v) is 16.5. The van der Waals surface area contributed by atoms with Crippen LogP contribution in [0.15, 0.2) is 65.6 Å². The number of hydrogen-bond acceptors (Lipinski definition) is 6. The molecular formula is C33H39FN6O3S. The summed E-state index contributed by atoms with van der Waals surface area (Å²) in [6.45, 7) is 7.98. The maximum atomic E-state index is 16.0. The Hall–Kier alpha value is -3.93. The summed E-state index contributed by atoms with van der Waals surface area (Å²) in [6.07, 6.45) is 2.94. The maximum Gasteiger partial charge on any atom is 0.244 e. The highest BCUT2D eigenvalue weighted by Gasteiger charge is 2.33. The molecule has 0 radical (unpaired) electrons. The summed E-state index contributed by atoms with van der Waals surface area (Å²) >= 11 is 0. The number of nitrogens with one attached hydrogen (secondary N) is 2. The molecule has 1 aliphatic rings. The fourth-order valence-electron chi connectivity index (χ4n) is 5.70.